The second kappa shape index (κ2) is 7.55. The molecule has 0 radical (unpaired) electrons. The van der Waals surface area contributed by atoms with E-state index in [1.165, 1.54) is 5.56 Å². The van der Waals surface area contributed by atoms with E-state index in [0.717, 1.165) is 36.4 Å². The van der Waals surface area contributed by atoms with Crippen molar-refractivity contribution in [1.29, 1.82) is 0 Å². The first kappa shape index (κ1) is 17.8. The number of benzene rings is 2. The van der Waals surface area contributed by atoms with E-state index < -0.39 is 5.60 Å². The summed E-state index contributed by atoms with van der Waals surface area (Å²) in [5.74, 6) is 0.872. The third kappa shape index (κ3) is 3.89. The number of hydrogen-bond acceptors (Lipinski definition) is 4. The van der Waals surface area contributed by atoms with E-state index in [9.17, 15) is 5.11 Å². The molecule has 140 valence electrons. The molecular formula is C22H25N3O2. The summed E-state index contributed by atoms with van der Waals surface area (Å²) in [6.07, 6.45) is 4.49. The van der Waals surface area contributed by atoms with Gasteiger partial charge >= 0.3 is 0 Å². The van der Waals surface area contributed by atoms with Crippen molar-refractivity contribution in [2.24, 2.45) is 0 Å². The van der Waals surface area contributed by atoms with Crippen LogP contribution >= 0.6 is 0 Å². The molecule has 1 fully saturated rings. The van der Waals surface area contributed by atoms with Gasteiger partial charge in [-0.05, 0) is 35.7 Å². The molecule has 27 heavy (non-hydrogen) atoms. The summed E-state index contributed by atoms with van der Waals surface area (Å²) in [5, 5.41) is 15.3. The van der Waals surface area contributed by atoms with E-state index in [2.05, 4.69) is 22.1 Å². The van der Waals surface area contributed by atoms with Gasteiger partial charge in [-0.1, -0.05) is 36.4 Å². The molecule has 1 aliphatic rings. The van der Waals surface area contributed by atoms with Crippen molar-refractivity contribution in [3.05, 3.63) is 83.7 Å². The fourth-order valence-electron chi connectivity index (χ4n) is 3.87. The van der Waals surface area contributed by atoms with E-state index in [-0.39, 0.29) is 0 Å². The molecule has 3 aromatic rings. The van der Waals surface area contributed by atoms with E-state index in [1.54, 1.807) is 13.3 Å². The van der Waals surface area contributed by atoms with Gasteiger partial charge in [0, 0.05) is 37.6 Å². The van der Waals surface area contributed by atoms with Gasteiger partial charge < -0.3 is 9.84 Å². The summed E-state index contributed by atoms with van der Waals surface area (Å²) in [7, 11) is 1.70. The highest BCUT2D eigenvalue weighted by atomic mass is 16.5. The van der Waals surface area contributed by atoms with Gasteiger partial charge in [0.15, 0.2) is 0 Å². The SMILES string of the molecule is COc1ccc(CN2CC[C@@](O)(c3ccccc3)C2)cc1Cn1cccn1. The van der Waals surface area contributed by atoms with Crippen LogP contribution < -0.4 is 4.74 Å². The third-order valence-corrected chi connectivity index (χ3v) is 5.28. The fraction of sp³-hybridized carbons (Fsp3) is 0.318. The number of hydrogen-bond donors (Lipinski definition) is 1. The lowest BCUT2D eigenvalue weighted by Crippen LogP contribution is -2.30. The van der Waals surface area contributed by atoms with Crippen LogP contribution in [0.1, 0.15) is 23.1 Å². The lowest BCUT2D eigenvalue weighted by atomic mass is 9.93. The lowest BCUT2D eigenvalue weighted by molar-refractivity contribution is 0.0453. The Morgan fingerprint density at radius 1 is 1.11 bits per heavy atom. The Morgan fingerprint density at radius 3 is 2.70 bits per heavy atom. The van der Waals surface area contributed by atoms with Crippen molar-refractivity contribution < 1.29 is 9.84 Å². The van der Waals surface area contributed by atoms with Gasteiger partial charge in [0.25, 0.3) is 0 Å². The molecule has 1 aliphatic heterocycles. The highest BCUT2D eigenvalue weighted by Crippen LogP contribution is 2.33. The second-order valence-corrected chi connectivity index (χ2v) is 7.21. The number of aliphatic hydroxyl groups is 1. The maximum Gasteiger partial charge on any atom is 0.123 e. The maximum atomic E-state index is 11.0. The highest BCUT2D eigenvalue weighted by molar-refractivity contribution is 5.37. The molecule has 0 saturated carbocycles. The van der Waals surface area contributed by atoms with Gasteiger partial charge in [0.2, 0.25) is 0 Å². The molecule has 1 N–H and O–H groups in total. The quantitative estimate of drug-likeness (QED) is 0.731. The van der Waals surface area contributed by atoms with E-state index in [0.29, 0.717) is 13.1 Å². The Kier molecular flexibility index (Phi) is 4.97. The van der Waals surface area contributed by atoms with Gasteiger partial charge in [0.05, 0.1) is 13.7 Å². The Labute approximate surface area is 159 Å². The molecule has 2 aromatic carbocycles. The zero-order chi connectivity index (χ0) is 18.7. The normalized spacial score (nSPS) is 20.1. The number of aromatic nitrogens is 2. The molecular weight excluding hydrogens is 338 g/mol. The maximum absolute atomic E-state index is 11.0. The Bertz CT molecular complexity index is 880. The number of likely N-dealkylation sites (tertiary alicyclic amines) is 1. The van der Waals surface area contributed by atoms with Crippen LogP contribution in [-0.4, -0.2) is 40.0 Å². The monoisotopic (exact) mass is 363 g/mol. The van der Waals surface area contributed by atoms with Crippen molar-refractivity contribution in [1.82, 2.24) is 14.7 Å². The van der Waals surface area contributed by atoms with Gasteiger partial charge in [-0.2, -0.15) is 5.10 Å². The van der Waals surface area contributed by atoms with Crippen LogP contribution in [0.15, 0.2) is 67.0 Å². The van der Waals surface area contributed by atoms with E-state index in [1.807, 2.05) is 53.3 Å². The van der Waals surface area contributed by atoms with Crippen LogP contribution in [0.5, 0.6) is 5.75 Å². The first-order valence-electron chi connectivity index (χ1n) is 9.30. The molecule has 0 aliphatic carbocycles. The van der Waals surface area contributed by atoms with E-state index in [4.69, 9.17) is 4.74 Å². The molecule has 5 heteroatoms. The highest BCUT2D eigenvalue weighted by Gasteiger charge is 2.37. The number of methoxy groups -OCH3 is 1. The third-order valence-electron chi connectivity index (χ3n) is 5.28. The average molecular weight is 363 g/mol. The number of β-amino-alcohol motifs (C(OH)–C–C–N with tert-alkyl or cyclic N) is 1. The van der Waals surface area contributed by atoms with Gasteiger partial charge in [0.1, 0.15) is 11.4 Å². The minimum atomic E-state index is -0.758. The van der Waals surface area contributed by atoms with Crippen molar-refractivity contribution in [3.8, 4) is 5.75 Å². The average Bonchev–Trinajstić information content (AvgIpc) is 3.33. The smallest absolute Gasteiger partial charge is 0.123 e. The summed E-state index contributed by atoms with van der Waals surface area (Å²) in [6, 6.07) is 18.2. The summed E-state index contributed by atoms with van der Waals surface area (Å²) < 4.78 is 7.41. The minimum absolute atomic E-state index is 0.650. The second-order valence-electron chi connectivity index (χ2n) is 7.21. The van der Waals surface area contributed by atoms with Crippen LogP contribution in [0.3, 0.4) is 0 Å². The standard InChI is InChI=1S/C22H25N3O2/c1-27-21-9-8-18(14-19(21)16-25-12-5-11-23-25)15-24-13-10-22(26,17-24)20-6-3-2-4-7-20/h2-9,11-12,14,26H,10,13,15-17H2,1H3/t22-/m0/s1. The number of nitrogens with zero attached hydrogens (tertiary/aromatic N) is 3. The van der Waals surface area contributed by atoms with Crippen molar-refractivity contribution >= 4 is 0 Å². The molecule has 1 atom stereocenters. The minimum Gasteiger partial charge on any atom is -0.496 e. The predicted molar refractivity (Wildman–Crippen MR) is 105 cm³/mol. The van der Waals surface area contributed by atoms with Gasteiger partial charge in [-0.15, -0.1) is 0 Å². The molecule has 1 saturated heterocycles. The molecule has 5 nitrogen and oxygen atoms in total. The van der Waals surface area contributed by atoms with Gasteiger partial charge in [-0.3, -0.25) is 9.58 Å². The zero-order valence-electron chi connectivity index (χ0n) is 15.6. The van der Waals surface area contributed by atoms with Crippen molar-refractivity contribution in [2.45, 2.75) is 25.1 Å². The van der Waals surface area contributed by atoms with Gasteiger partial charge in [-0.25, -0.2) is 0 Å². The zero-order valence-corrected chi connectivity index (χ0v) is 15.6. The molecule has 1 aromatic heterocycles. The molecule has 4 rings (SSSR count). The Morgan fingerprint density at radius 2 is 1.96 bits per heavy atom. The van der Waals surface area contributed by atoms with Crippen molar-refractivity contribution in [3.63, 3.8) is 0 Å². The molecule has 0 unspecified atom stereocenters. The van der Waals surface area contributed by atoms with Crippen molar-refractivity contribution in [2.75, 3.05) is 20.2 Å². The molecule has 0 spiro atoms. The van der Waals surface area contributed by atoms with Crippen LogP contribution in [0.25, 0.3) is 0 Å². The summed E-state index contributed by atoms with van der Waals surface area (Å²) in [5.41, 5.74) is 2.57. The predicted octanol–water partition coefficient (Wildman–Crippen LogP) is 3.03. The Hall–Kier alpha value is -2.63. The first-order valence-corrected chi connectivity index (χ1v) is 9.30. The summed E-state index contributed by atoms with van der Waals surface area (Å²) >= 11 is 0. The first-order chi connectivity index (χ1) is 13.2. The number of ether oxygens (including phenoxy) is 1. The fourth-order valence-corrected chi connectivity index (χ4v) is 3.87. The van der Waals surface area contributed by atoms with Crippen LogP contribution in [-0.2, 0) is 18.7 Å². The molecule has 0 amide bonds. The van der Waals surface area contributed by atoms with Crippen LogP contribution in [0, 0.1) is 0 Å². The molecule has 0 bridgehead atoms. The lowest BCUT2D eigenvalue weighted by Gasteiger charge is -2.24. The molecule has 2 heterocycles. The van der Waals surface area contributed by atoms with E-state index >= 15 is 0 Å². The van der Waals surface area contributed by atoms with Crippen LogP contribution in [0.4, 0.5) is 0 Å². The number of rotatable bonds is 6. The topological polar surface area (TPSA) is 50.5 Å². The largest absolute Gasteiger partial charge is 0.496 e. The summed E-state index contributed by atoms with van der Waals surface area (Å²) in [4.78, 5) is 2.31. The summed E-state index contributed by atoms with van der Waals surface area (Å²) in [6.45, 7) is 3.02. The van der Waals surface area contributed by atoms with Crippen LogP contribution in [0.2, 0.25) is 0 Å². The Balaban J connectivity index is 1.48.